The smallest absolute Gasteiger partial charge is 0.264 e. The number of anilines is 3. The molecular weight excluding hydrogens is 462 g/mol. The minimum Gasteiger partial charge on any atom is -0.325 e. The van der Waals surface area contributed by atoms with E-state index in [4.69, 9.17) is 0 Å². The second kappa shape index (κ2) is 9.92. The summed E-state index contributed by atoms with van der Waals surface area (Å²) < 4.78 is 28.3. The quantitative estimate of drug-likeness (QED) is 0.524. The molecular formula is C27H29N3O4S. The molecule has 0 aromatic heterocycles. The molecule has 1 saturated heterocycles. The number of benzene rings is 3. The lowest BCUT2D eigenvalue weighted by Crippen LogP contribution is -2.38. The van der Waals surface area contributed by atoms with Gasteiger partial charge in [-0.2, -0.15) is 0 Å². The number of carbonyl (C=O) groups excluding carboxylic acids is 2. The van der Waals surface area contributed by atoms with E-state index < -0.39 is 15.9 Å². The number of hydrogen-bond donors (Lipinski definition) is 1. The van der Waals surface area contributed by atoms with E-state index in [1.165, 1.54) is 0 Å². The molecule has 2 amide bonds. The summed E-state index contributed by atoms with van der Waals surface area (Å²) in [5.41, 5.74) is 4.36. The Hall–Kier alpha value is -3.65. The van der Waals surface area contributed by atoms with Crippen LogP contribution < -0.4 is 14.5 Å². The predicted molar refractivity (Wildman–Crippen MR) is 138 cm³/mol. The van der Waals surface area contributed by atoms with Crippen molar-refractivity contribution < 1.29 is 18.0 Å². The molecule has 0 atom stereocenters. The number of nitrogens with one attached hydrogen (secondary N) is 1. The molecule has 1 aliphatic rings. The molecule has 0 aliphatic carbocycles. The van der Waals surface area contributed by atoms with Gasteiger partial charge in [0.25, 0.3) is 10.0 Å². The number of rotatable bonds is 7. The van der Waals surface area contributed by atoms with Gasteiger partial charge in [0.1, 0.15) is 6.54 Å². The van der Waals surface area contributed by atoms with Crippen molar-refractivity contribution in [2.24, 2.45) is 0 Å². The molecule has 182 valence electrons. The summed E-state index contributed by atoms with van der Waals surface area (Å²) in [6.07, 6.45) is 1.38. The van der Waals surface area contributed by atoms with Gasteiger partial charge >= 0.3 is 0 Å². The summed E-state index contributed by atoms with van der Waals surface area (Å²) in [7, 11) is -3.98. The number of amides is 2. The highest BCUT2D eigenvalue weighted by molar-refractivity contribution is 7.92. The van der Waals surface area contributed by atoms with Crippen molar-refractivity contribution in [3.05, 3.63) is 83.4 Å². The average Bonchev–Trinajstić information content (AvgIpc) is 3.24. The van der Waals surface area contributed by atoms with Crippen molar-refractivity contribution in [3.63, 3.8) is 0 Å². The summed E-state index contributed by atoms with van der Waals surface area (Å²) in [6, 6.07) is 19.0. The molecule has 4 rings (SSSR count). The standard InChI is InChI=1S/C27H29N3O4S/c1-19-10-13-23(14-11-19)35(33,34)30(25-8-5-4-7-20(25)2)18-26(31)28-22-12-15-24(21(3)17-22)29-16-6-9-27(29)32/h4-5,7-8,10-15,17H,6,9,16,18H2,1-3H3,(H,28,31). The molecule has 8 heteroatoms. The van der Waals surface area contributed by atoms with E-state index in [0.29, 0.717) is 24.3 Å². The molecule has 1 aliphatic heterocycles. The fourth-order valence-corrected chi connectivity index (χ4v) is 5.74. The minimum absolute atomic E-state index is 0.0973. The van der Waals surface area contributed by atoms with Crippen LogP contribution in [0.25, 0.3) is 0 Å². The fraction of sp³-hybridized carbons (Fsp3) is 0.259. The van der Waals surface area contributed by atoms with Crippen molar-refractivity contribution in [2.45, 2.75) is 38.5 Å². The number of hydrogen-bond acceptors (Lipinski definition) is 4. The second-order valence-corrected chi connectivity index (χ2v) is 10.7. The second-order valence-electron chi connectivity index (χ2n) is 8.81. The Morgan fingerprint density at radius 3 is 2.31 bits per heavy atom. The van der Waals surface area contributed by atoms with Gasteiger partial charge in [0, 0.05) is 24.3 Å². The monoisotopic (exact) mass is 491 g/mol. The van der Waals surface area contributed by atoms with Crippen LogP contribution in [0, 0.1) is 20.8 Å². The van der Waals surface area contributed by atoms with Gasteiger partial charge in [0.15, 0.2) is 0 Å². The number of nitrogens with zero attached hydrogens (tertiary/aromatic N) is 2. The van der Waals surface area contributed by atoms with Crippen LogP contribution in [-0.4, -0.2) is 33.3 Å². The first-order chi connectivity index (χ1) is 16.7. The van der Waals surface area contributed by atoms with Crippen molar-refractivity contribution in [1.29, 1.82) is 0 Å². The highest BCUT2D eigenvalue weighted by atomic mass is 32.2. The number of sulfonamides is 1. The molecule has 3 aromatic rings. The zero-order valence-electron chi connectivity index (χ0n) is 20.1. The molecule has 35 heavy (non-hydrogen) atoms. The SMILES string of the molecule is Cc1ccc(S(=O)(=O)N(CC(=O)Nc2ccc(N3CCCC3=O)c(C)c2)c2ccccc2C)cc1. The molecule has 1 N–H and O–H groups in total. The largest absolute Gasteiger partial charge is 0.325 e. The Bertz CT molecular complexity index is 1370. The first-order valence-electron chi connectivity index (χ1n) is 11.5. The van der Waals surface area contributed by atoms with Crippen LogP contribution in [0.3, 0.4) is 0 Å². The Kier molecular flexibility index (Phi) is 6.93. The molecule has 1 fully saturated rings. The Morgan fingerprint density at radius 1 is 0.971 bits per heavy atom. The third-order valence-corrected chi connectivity index (χ3v) is 7.90. The van der Waals surface area contributed by atoms with Gasteiger partial charge in [-0.3, -0.25) is 13.9 Å². The van der Waals surface area contributed by atoms with Crippen LogP contribution >= 0.6 is 0 Å². The van der Waals surface area contributed by atoms with E-state index in [0.717, 1.165) is 33.1 Å². The van der Waals surface area contributed by atoms with Crippen molar-refractivity contribution in [1.82, 2.24) is 0 Å². The third kappa shape index (κ3) is 5.22. The predicted octanol–water partition coefficient (Wildman–Crippen LogP) is 4.57. The lowest BCUT2D eigenvalue weighted by atomic mass is 10.1. The van der Waals surface area contributed by atoms with Crippen molar-refractivity contribution >= 4 is 38.9 Å². The van der Waals surface area contributed by atoms with E-state index >= 15 is 0 Å². The molecule has 1 heterocycles. The van der Waals surface area contributed by atoms with E-state index in [1.54, 1.807) is 53.4 Å². The number of para-hydroxylation sites is 1. The van der Waals surface area contributed by atoms with Crippen LogP contribution in [-0.2, 0) is 19.6 Å². The van der Waals surface area contributed by atoms with Crippen LogP contribution in [0.4, 0.5) is 17.1 Å². The highest BCUT2D eigenvalue weighted by Gasteiger charge is 2.28. The van der Waals surface area contributed by atoms with Gasteiger partial charge in [0.2, 0.25) is 11.8 Å². The summed E-state index contributed by atoms with van der Waals surface area (Å²) in [4.78, 5) is 27.0. The lowest BCUT2D eigenvalue weighted by molar-refractivity contribution is -0.117. The molecule has 7 nitrogen and oxygen atoms in total. The minimum atomic E-state index is -3.98. The summed E-state index contributed by atoms with van der Waals surface area (Å²) in [6.45, 7) is 5.89. The molecule has 0 radical (unpaired) electrons. The van der Waals surface area contributed by atoms with E-state index in [-0.39, 0.29) is 17.3 Å². The lowest BCUT2D eigenvalue weighted by Gasteiger charge is -2.26. The van der Waals surface area contributed by atoms with Gasteiger partial charge in [-0.25, -0.2) is 8.42 Å². The van der Waals surface area contributed by atoms with Gasteiger partial charge in [0.05, 0.1) is 10.6 Å². The maximum absolute atomic E-state index is 13.6. The Morgan fingerprint density at radius 2 is 1.69 bits per heavy atom. The van der Waals surface area contributed by atoms with Gasteiger partial charge in [-0.05, 0) is 74.7 Å². The molecule has 0 spiro atoms. The number of aryl methyl sites for hydroxylation is 3. The van der Waals surface area contributed by atoms with Gasteiger partial charge < -0.3 is 10.2 Å². The first-order valence-corrected chi connectivity index (χ1v) is 13.0. The molecule has 3 aromatic carbocycles. The number of carbonyl (C=O) groups is 2. The van der Waals surface area contributed by atoms with Crippen LogP contribution in [0.1, 0.15) is 29.5 Å². The molecule has 0 unspecified atom stereocenters. The normalized spacial score (nSPS) is 13.7. The Balaban J connectivity index is 1.59. The zero-order chi connectivity index (χ0) is 25.2. The van der Waals surface area contributed by atoms with Gasteiger partial charge in [-0.1, -0.05) is 35.9 Å². The Labute approximate surface area is 206 Å². The van der Waals surface area contributed by atoms with E-state index in [1.807, 2.05) is 39.0 Å². The topological polar surface area (TPSA) is 86.8 Å². The van der Waals surface area contributed by atoms with Crippen LogP contribution in [0.15, 0.2) is 71.6 Å². The van der Waals surface area contributed by atoms with Gasteiger partial charge in [-0.15, -0.1) is 0 Å². The van der Waals surface area contributed by atoms with Crippen molar-refractivity contribution in [2.75, 3.05) is 27.6 Å². The van der Waals surface area contributed by atoms with Crippen LogP contribution in [0.5, 0.6) is 0 Å². The maximum Gasteiger partial charge on any atom is 0.264 e. The average molecular weight is 492 g/mol. The maximum atomic E-state index is 13.6. The fourth-order valence-electron chi connectivity index (χ4n) is 4.25. The first kappa shape index (κ1) is 24.5. The molecule has 0 bridgehead atoms. The highest BCUT2D eigenvalue weighted by Crippen LogP contribution is 2.29. The third-order valence-electron chi connectivity index (χ3n) is 6.13. The van der Waals surface area contributed by atoms with Crippen LogP contribution in [0.2, 0.25) is 0 Å². The zero-order valence-corrected chi connectivity index (χ0v) is 20.9. The summed E-state index contributed by atoms with van der Waals surface area (Å²) >= 11 is 0. The van der Waals surface area contributed by atoms with E-state index in [9.17, 15) is 18.0 Å². The molecule has 0 saturated carbocycles. The summed E-state index contributed by atoms with van der Waals surface area (Å²) in [5, 5.41) is 2.82. The van der Waals surface area contributed by atoms with E-state index in [2.05, 4.69) is 5.32 Å². The summed E-state index contributed by atoms with van der Waals surface area (Å²) in [5.74, 6) is -0.367. The van der Waals surface area contributed by atoms with Crippen molar-refractivity contribution in [3.8, 4) is 0 Å².